The number of nitrogens with zero attached hydrogens (tertiary/aromatic N) is 1. The van der Waals surface area contributed by atoms with Crippen molar-refractivity contribution in [2.45, 2.75) is 13.5 Å². The summed E-state index contributed by atoms with van der Waals surface area (Å²) in [6.45, 7) is 2.90. The van der Waals surface area contributed by atoms with Gasteiger partial charge in [-0.3, -0.25) is 0 Å². The van der Waals surface area contributed by atoms with Gasteiger partial charge in [0.2, 0.25) is 5.76 Å². The van der Waals surface area contributed by atoms with Crippen LogP contribution in [0.5, 0.6) is 5.75 Å². The molecule has 4 nitrogen and oxygen atoms in total. The zero-order valence-electron chi connectivity index (χ0n) is 10.7. The van der Waals surface area contributed by atoms with Crippen LogP contribution in [0, 0.1) is 11.3 Å². The molecule has 0 spiro atoms. The predicted molar refractivity (Wildman–Crippen MR) is 81.1 cm³/mol. The fraction of sp³-hybridized carbons (Fsp3) is 0.214. The van der Waals surface area contributed by atoms with Crippen molar-refractivity contribution < 1.29 is 9.15 Å². The molecule has 20 heavy (non-hydrogen) atoms. The lowest BCUT2D eigenvalue weighted by Gasteiger charge is -2.14. The fourth-order valence-corrected chi connectivity index (χ4v) is 2.62. The van der Waals surface area contributed by atoms with Gasteiger partial charge in [-0.05, 0) is 47.1 Å². The van der Waals surface area contributed by atoms with Gasteiger partial charge < -0.3 is 14.5 Å². The highest BCUT2D eigenvalue weighted by Crippen LogP contribution is 2.36. The quantitative estimate of drug-likeness (QED) is 0.853. The average molecular weight is 356 g/mol. The second-order valence-corrected chi connectivity index (χ2v) is 5.22. The van der Waals surface area contributed by atoms with Gasteiger partial charge in [-0.1, -0.05) is 11.6 Å². The molecule has 0 saturated heterocycles. The summed E-state index contributed by atoms with van der Waals surface area (Å²) in [6, 6.07) is 8.90. The zero-order valence-corrected chi connectivity index (χ0v) is 13.1. The fourth-order valence-electron chi connectivity index (χ4n) is 1.70. The van der Waals surface area contributed by atoms with Crippen LogP contribution in [0.15, 0.2) is 33.2 Å². The molecule has 0 unspecified atom stereocenters. The number of ether oxygens (including phenoxy) is 1. The lowest BCUT2D eigenvalue weighted by atomic mass is 10.3. The highest BCUT2D eigenvalue weighted by molar-refractivity contribution is 9.10. The Morgan fingerprint density at radius 1 is 1.45 bits per heavy atom. The number of anilines is 1. The Hall–Kier alpha value is -1.64. The van der Waals surface area contributed by atoms with E-state index in [-0.39, 0.29) is 0 Å². The molecule has 1 N–H and O–H groups in total. The van der Waals surface area contributed by atoms with Gasteiger partial charge in [0.1, 0.15) is 11.8 Å². The van der Waals surface area contributed by atoms with Crippen LogP contribution in [0.1, 0.15) is 18.4 Å². The summed E-state index contributed by atoms with van der Waals surface area (Å²) in [4.78, 5) is 0. The van der Waals surface area contributed by atoms with Gasteiger partial charge >= 0.3 is 0 Å². The Balaban J connectivity index is 2.17. The van der Waals surface area contributed by atoms with Crippen molar-refractivity contribution in [1.82, 2.24) is 0 Å². The summed E-state index contributed by atoms with van der Waals surface area (Å²) in [5.41, 5.74) is 0.765. The van der Waals surface area contributed by atoms with E-state index in [2.05, 4.69) is 21.2 Å². The van der Waals surface area contributed by atoms with Crippen molar-refractivity contribution in [3.8, 4) is 11.8 Å². The molecule has 104 valence electrons. The molecule has 0 aliphatic carbocycles. The lowest BCUT2D eigenvalue weighted by molar-refractivity contribution is 0.339. The molecule has 6 heteroatoms. The minimum Gasteiger partial charge on any atom is -0.491 e. The molecule has 0 atom stereocenters. The standard InChI is InChI=1S/C14H12BrClN2O2/c1-2-19-14-12(15)5-9(16)6-13(14)18-8-11-4-3-10(7-17)20-11/h3-6,18H,2,8H2,1H3. The van der Waals surface area contributed by atoms with Crippen LogP contribution in [0.4, 0.5) is 5.69 Å². The minimum atomic E-state index is 0.291. The highest BCUT2D eigenvalue weighted by atomic mass is 79.9. The molecule has 0 aliphatic rings. The maximum absolute atomic E-state index is 8.72. The highest BCUT2D eigenvalue weighted by Gasteiger charge is 2.11. The van der Waals surface area contributed by atoms with E-state index < -0.39 is 0 Å². The predicted octanol–water partition coefficient (Wildman–Crippen LogP) is 4.58. The smallest absolute Gasteiger partial charge is 0.203 e. The Morgan fingerprint density at radius 3 is 2.90 bits per heavy atom. The number of hydrogen-bond donors (Lipinski definition) is 1. The van der Waals surface area contributed by atoms with E-state index in [9.17, 15) is 0 Å². The Morgan fingerprint density at radius 2 is 2.25 bits per heavy atom. The molecule has 0 amide bonds. The second-order valence-electron chi connectivity index (χ2n) is 3.93. The zero-order chi connectivity index (χ0) is 14.5. The topological polar surface area (TPSA) is 58.2 Å². The number of furan rings is 1. The van der Waals surface area contributed by atoms with Crippen molar-refractivity contribution in [3.63, 3.8) is 0 Å². The summed E-state index contributed by atoms with van der Waals surface area (Å²) in [7, 11) is 0. The molecule has 1 aromatic heterocycles. The molecule has 2 aromatic rings. The van der Waals surface area contributed by atoms with Gasteiger partial charge in [-0.2, -0.15) is 5.26 Å². The van der Waals surface area contributed by atoms with Crippen LogP contribution in [0.3, 0.4) is 0 Å². The molecular weight excluding hydrogens is 344 g/mol. The van der Waals surface area contributed by atoms with Gasteiger partial charge in [-0.15, -0.1) is 0 Å². The third kappa shape index (κ3) is 3.47. The third-order valence-electron chi connectivity index (χ3n) is 2.52. The van der Waals surface area contributed by atoms with Gasteiger partial charge in [-0.25, -0.2) is 0 Å². The average Bonchev–Trinajstić information content (AvgIpc) is 2.88. The van der Waals surface area contributed by atoms with Crippen LogP contribution in [0.2, 0.25) is 5.02 Å². The summed E-state index contributed by atoms with van der Waals surface area (Å²) in [5, 5.41) is 12.5. The first-order chi connectivity index (χ1) is 9.63. The number of benzene rings is 1. The SMILES string of the molecule is CCOc1c(Br)cc(Cl)cc1NCc1ccc(C#N)o1. The Bertz CT molecular complexity index is 649. The van der Waals surface area contributed by atoms with E-state index in [4.69, 9.17) is 26.0 Å². The normalized spacial score (nSPS) is 10.1. The molecule has 1 aromatic carbocycles. The van der Waals surface area contributed by atoms with Crippen LogP contribution in [-0.4, -0.2) is 6.61 Å². The molecule has 2 rings (SSSR count). The van der Waals surface area contributed by atoms with E-state index in [1.54, 1.807) is 24.3 Å². The maximum atomic E-state index is 8.72. The summed E-state index contributed by atoms with van der Waals surface area (Å²) in [5.74, 6) is 1.66. The van der Waals surface area contributed by atoms with Gasteiger partial charge in [0.15, 0.2) is 5.75 Å². The number of hydrogen-bond acceptors (Lipinski definition) is 4. The molecule has 0 saturated carbocycles. The van der Waals surface area contributed by atoms with E-state index >= 15 is 0 Å². The minimum absolute atomic E-state index is 0.291. The van der Waals surface area contributed by atoms with E-state index in [1.807, 2.05) is 13.0 Å². The monoisotopic (exact) mass is 354 g/mol. The maximum Gasteiger partial charge on any atom is 0.203 e. The third-order valence-corrected chi connectivity index (χ3v) is 3.33. The van der Waals surface area contributed by atoms with Crippen LogP contribution >= 0.6 is 27.5 Å². The van der Waals surface area contributed by atoms with Crippen LogP contribution < -0.4 is 10.1 Å². The van der Waals surface area contributed by atoms with Crippen LogP contribution in [0.25, 0.3) is 0 Å². The van der Waals surface area contributed by atoms with Gasteiger partial charge in [0.05, 0.1) is 23.3 Å². The first-order valence-corrected chi connectivity index (χ1v) is 7.15. The number of nitriles is 1. The summed E-state index contributed by atoms with van der Waals surface area (Å²) in [6.07, 6.45) is 0. The number of nitrogens with one attached hydrogen (secondary N) is 1. The Kier molecular flexibility index (Phi) is 4.94. The van der Waals surface area contributed by atoms with Gasteiger partial charge in [0, 0.05) is 5.02 Å². The molecule has 0 fully saturated rings. The molecule has 0 aliphatic heterocycles. The molecule has 0 bridgehead atoms. The number of rotatable bonds is 5. The molecule has 1 heterocycles. The van der Waals surface area contributed by atoms with E-state index in [1.165, 1.54) is 0 Å². The molecule has 0 radical (unpaired) electrons. The molecular formula is C14H12BrClN2O2. The lowest BCUT2D eigenvalue weighted by Crippen LogP contribution is -2.03. The van der Waals surface area contributed by atoms with Crippen LogP contribution in [-0.2, 0) is 6.54 Å². The second kappa shape index (κ2) is 6.69. The van der Waals surface area contributed by atoms with Crippen molar-refractivity contribution in [3.05, 3.63) is 45.3 Å². The first kappa shape index (κ1) is 14.8. The summed E-state index contributed by atoms with van der Waals surface area (Å²) >= 11 is 9.46. The van der Waals surface area contributed by atoms with Gasteiger partial charge in [0.25, 0.3) is 0 Å². The Labute approximate surface area is 130 Å². The largest absolute Gasteiger partial charge is 0.491 e. The van der Waals surface area contributed by atoms with Crippen molar-refractivity contribution in [2.24, 2.45) is 0 Å². The van der Waals surface area contributed by atoms with Crippen molar-refractivity contribution >= 4 is 33.2 Å². The van der Waals surface area contributed by atoms with Crippen molar-refractivity contribution in [2.75, 3.05) is 11.9 Å². The van der Waals surface area contributed by atoms with E-state index in [0.29, 0.717) is 35.4 Å². The first-order valence-electron chi connectivity index (χ1n) is 5.98. The van der Waals surface area contributed by atoms with E-state index in [0.717, 1.165) is 10.2 Å². The van der Waals surface area contributed by atoms with Crippen molar-refractivity contribution in [1.29, 1.82) is 5.26 Å². The number of halogens is 2. The summed E-state index contributed by atoms with van der Waals surface area (Å²) < 4.78 is 11.7.